The van der Waals surface area contributed by atoms with Crippen LogP contribution < -0.4 is 10.2 Å². The van der Waals surface area contributed by atoms with Crippen molar-refractivity contribution in [2.24, 2.45) is 0 Å². The molecule has 30 heavy (non-hydrogen) atoms. The minimum Gasteiger partial charge on any atom is -0.367 e. The molecule has 0 radical (unpaired) electrons. The topological polar surface area (TPSA) is 35.6 Å². The van der Waals surface area contributed by atoms with Gasteiger partial charge in [-0.1, -0.05) is 84.4 Å². The summed E-state index contributed by atoms with van der Waals surface area (Å²) in [4.78, 5) is 17.1. The lowest BCUT2D eigenvalue weighted by atomic mass is 9.99. The second-order valence-electron chi connectivity index (χ2n) is 7.45. The highest BCUT2D eigenvalue weighted by Gasteiger charge is 2.23. The molecule has 0 saturated carbocycles. The Morgan fingerprint density at radius 1 is 0.800 bits per heavy atom. The lowest BCUT2D eigenvalue weighted by molar-refractivity contribution is -0.130. The molecule has 0 atom stereocenters. The lowest BCUT2D eigenvalue weighted by Gasteiger charge is -2.36. The maximum Gasteiger partial charge on any atom is 0.236 e. The van der Waals surface area contributed by atoms with Crippen molar-refractivity contribution in [1.29, 1.82) is 0 Å². The first-order valence-corrected chi connectivity index (χ1v) is 10.7. The molecular weight excluding hydrogens is 394 g/mol. The van der Waals surface area contributed by atoms with E-state index in [-0.39, 0.29) is 11.9 Å². The largest absolute Gasteiger partial charge is 0.367 e. The Morgan fingerprint density at radius 3 is 1.90 bits per heavy atom. The molecule has 1 aliphatic heterocycles. The van der Waals surface area contributed by atoms with E-state index in [1.54, 1.807) is 0 Å². The Morgan fingerprint density at radius 2 is 1.33 bits per heavy atom. The molecule has 1 amide bonds. The van der Waals surface area contributed by atoms with E-state index in [1.807, 2.05) is 65.6 Å². The number of halogens is 1. The van der Waals surface area contributed by atoms with Gasteiger partial charge in [-0.25, -0.2) is 0 Å². The number of amides is 1. The Hall–Kier alpha value is -2.82. The van der Waals surface area contributed by atoms with Gasteiger partial charge in [0.15, 0.2) is 0 Å². The van der Waals surface area contributed by atoms with Crippen molar-refractivity contribution in [3.63, 3.8) is 0 Å². The first-order chi connectivity index (χ1) is 14.7. The predicted octanol–water partition coefficient (Wildman–Crippen LogP) is 4.37. The molecule has 3 aromatic carbocycles. The average molecular weight is 420 g/mol. The molecular formula is C25H26ClN3O. The molecule has 0 unspecified atom stereocenters. The van der Waals surface area contributed by atoms with E-state index in [0.717, 1.165) is 34.9 Å². The Kier molecular flexibility index (Phi) is 6.67. The van der Waals surface area contributed by atoms with Gasteiger partial charge < -0.3 is 9.80 Å². The van der Waals surface area contributed by atoms with E-state index in [0.29, 0.717) is 19.6 Å². The molecule has 1 aliphatic rings. The fourth-order valence-electron chi connectivity index (χ4n) is 3.93. The van der Waals surface area contributed by atoms with E-state index >= 15 is 0 Å². The van der Waals surface area contributed by atoms with Crippen LogP contribution in [0.15, 0.2) is 84.9 Å². The smallest absolute Gasteiger partial charge is 0.236 e. The lowest BCUT2D eigenvalue weighted by Crippen LogP contribution is -2.51. The summed E-state index contributed by atoms with van der Waals surface area (Å²) in [6, 6.07) is 28.4. The number of piperazine rings is 1. The zero-order valence-electron chi connectivity index (χ0n) is 16.9. The molecule has 4 nitrogen and oxygen atoms in total. The third-order valence-electron chi connectivity index (χ3n) is 5.55. The van der Waals surface area contributed by atoms with E-state index in [9.17, 15) is 4.79 Å². The van der Waals surface area contributed by atoms with Gasteiger partial charge in [0.25, 0.3) is 0 Å². The van der Waals surface area contributed by atoms with Gasteiger partial charge in [0.2, 0.25) is 5.91 Å². The molecule has 1 fully saturated rings. The van der Waals surface area contributed by atoms with Gasteiger partial charge in [-0.2, -0.15) is 0 Å². The van der Waals surface area contributed by atoms with Crippen LogP contribution in [0.25, 0.3) is 0 Å². The van der Waals surface area contributed by atoms with Crippen LogP contribution in [0.2, 0.25) is 5.02 Å². The van der Waals surface area contributed by atoms with Gasteiger partial charge in [-0.05, 0) is 23.3 Å². The second-order valence-corrected chi connectivity index (χ2v) is 7.86. The maximum atomic E-state index is 12.9. The highest BCUT2D eigenvalue weighted by atomic mass is 35.5. The van der Waals surface area contributed by atoms with Crippen molar-refractivity contribution >= 4 is 23.2 Å². The number of para-hydroxylation sites is 1. The molecule has 1 heterocycles. The number of hydrogen-bond donors (Lipinski definition) is 1. The summed E-state index contributed by atoms with van der Waals surface area (Å²) >= 11 is 6.33. The van der Waals surface area contributed by atoms with Crippen LogP contribution >= 0.6 is 11.6 Å². The SMILES string of the molecule is O=C(CNC(c1ccccc1)c1ccccc1)N1CCN(c2ccccc2Cl)CC1. The van der Waals surface area contributed by atoms with Crippen LogP contribution in [0.1, 0.15) is 17.2 Å². The van der Waals surface area contributed by atoms with Crippen LogP contribution in [0.5, 0.6) is 0 Å². The standard InChI is InChI=1S/C25H26ClN3O/c26-22-13-7-8-14-23(22)28-15-17-29(18-16-28)24(30)19-27-25(20-9-3-1-4-10-20)21-11-5-2-6-12-21/h1-14,25,27H,15-19H2. The molecule has 0 aromatic heterocycles. The average Bonchev–Trinajstić information content (AvgIpc) is 2.81. The van der Waals surface area contributed by atoms with Gasteiger partial charge in [-0.15, -0.1) is 0 Å². The third kappa shape index (κ3) is 4.84. The summed E-state index contributed by atoms with van der Waals surface area (Å²) in [6.45, 7) is 3.28. The summed E-state index contributed by atoms with van der Waals surface area (Å²) in [5.41, 5.74) is 3.35. The highest BCUT2D eigenvalue weighted by Crippen LogP contribution is 2.26. The number of rotatable bonds is 6. The Labute approximate surface area is 183 Å². The number of hydrogen-bond acceptors (Lipinski definition) is 3. The van der Waals surface area contributed by atoms with E-state index in [2.05, 4.69) is 34.5 Å². The summed E-state index contributed by atoms with van der Waals surface area (Å²) in [6.07, 6.45) is 0. The van der Waals surface area contributed by atoms with E-state index in [1.165, 1.54) is 0 Å². The summed E-state index contributed by atoms with van der Waals surface area (Å²) in [5.74, 6) is 0.130. The number of carbonyl (C=O) groups excluding carboxylic acids is 1. The fraction of sp³-hybridized carbons (Fsp3) is 0.240. The number of nitrogens with zero attached hydrogens (tertiary/aromatic N) is 2. The summed E-state index contributed by atoms with van der Waals surface area (Å²) < 4.78 is 0. The quantitative estimate of drug-likeness (QED) is 0.644. The van der Waals surface area contributed by atoms with Gasteiger partial charge in [-0.3, -0.25) is 10.1 Å². The number of nitrogens with one attached hydrogen (secondary N) is 1. The molecule has 1 saturated heterocycles. The molecule has 0 aliphatic carbocycles. The first kappa shape index (κ1) is 20.5. The summed E-state index contributed by atoms with van der Waals surface area (Å²) in [7, 11) is 0. The normalized spacial score (nSPS) is 14.2. The maximum absolute atomic E-state index is 12.9. The first-order valence-electron chi connectivity index (χ1n) is 10.3. The molecule has 0 spiro atoms. The third-order valence-corrected chi connectivity index (χ3v) is 5.87. The van der Waals surface area contributed by atoms with Gasteiger partial charge in [0, 0.05) is 26.2 Å². The minimum atomic E-state index is -0.0132. The molecule has 0 bridgehead atoms. The molecule has 5 heteroatoms. The van der Waals surface area contributed by atoms with Crippen molar-refractivity contribution < 1.29 is 4.79 Å². The highest BCUT2D eigenvalue weighted by molar-refractivity contribution is 6.33. The number of benzene rings is 3. The van der Waals surface area contributed by atoms with Crippen molar-refractivity contribution in [2.75, 3.05) is 37.6 Å². The number of carbonyl (C=O) groups is 1. The van der Waals surface area contributed by atoms with E-state index < -0.39 is 0 Å². The Balaban J connectivity index is 1.37. The molecule has 3 aromatic rings. The van der Waals surface area contributed by atoms with Gasteiger partial charge in [0.1, 0.15) is 0 Å². The molecule has 1 N–H and O–H groups in total. The van der Waals surface area contributed by atoms with Crippen molar-refractivity contribution in [1.82, 2.24) is 10.2 Å². The van der Waals surface area contributed by atoms with Crippen LogP contribution in [-0.2, 0) is 4.79 Å². The number of anilines is 1. The molecule has 154 valence electrons. The second kappa shape index (κ2) is 9.79. The van der Waals surface area contributed by atoms with E-state index in [4.69, 9.17) is 11.6 Å². The zero-order valence-corrected chi connectivity index (χ0v) is 17.6. The Bertz CT molecular complexity index is 917. The predicted molar refractivity (Wildman–Crippen MR) is 123 cm³/mol. The minimum absolute atomic E-state index is 0.0132. The fourth-order valence-corrected chi connectivity index (χ4v) is 4.18. The van der Waals surface area contributed by atoms with Gasteiger partial charge in [0.05, 0.1) is 23.3 Å². The van der Waals surface area contributed by atoms with Gasteiger partial charge >= 0.3 is 0 Å². The molecule has 4 rings (SSSR count). The zero-order chi connectivity index (χ0) is 20.8. The van der Waals surface area contributed by atoms with Crippen LogP contribution in [0, 0.1) is 0 Å². The summed E-state index contributed by atoms with van der Waals surface area (Å²) in [5, 5.41) is 4.23. The van der Waals surface area contributed by atoms with Crippen molar-refractivity contribution in [3.8, 4) is 0 Å². The van der Waals surface area contributed by atoms with Crippen molar-refractivity contribution in [3.05, 3.63) is 101 Å². The van der Waals surface area contributed by atoms with Crippen LogP contribution in [-0.4, -0.2) is 43.5 Å². The van der Waals surface area contributed by atoms with Crippen molar-refractivity contribution in [2.45, 2.75) is 6.04 Å². The van der Waals surface area contributed by atoms with Crippen LogP contribution in [0.4, 0.5) is 5.69 Å². The monoisotopic (exact) mass is 419 g/mol. The van der Waals surface area contributed by atoms with Crippen LogP contribution in [0.3, 0.4) is 0 Å².